The average Bonchev–Trinajstić information content (AvgIpc) is 3.37. The van der Waals surface area contributed by atoms with Gasteiger partial charge in [-0.15, -0.1) is 0 Å². The first-order valence-corrected chi connectivity index (χ1v) is 13.1. The fourth-order valence-electron chi connectivity index (χ4n) is 4.82. The smallest absolute Gasteiger partial charge is 0.255 e. The Morgan fingerprint density at radius 1 is 0.943 bits per heavy atom. The summed E-state index contributed by atoms with van der Waals surface area (Å²) in [4.78, 5) is 28.3. The van der Waals surface area contributed by atoms with E-state index in [0.717, 1.165) is 29.5 Å². The van der Waals surface area contributed by atoms with Gasteiger partial charge in [-0.1, -0.05) is 48.0 Å². The number of hydrogen-bond acceptors (Lipinski definition) is 4. The molecule has 0 bridgehead atoms. The van der Waals surface area contributed by atoms with Crippen LogP contribution in [0.3, 0.4) is 0 Å². The topological polar surface area (TPSA) is 86.8 Å². The predicted octanol–water partition coefficient (Wildman–Crippen LogP) is 3.96. The number of benzene rings is 3. The number of nitrogens with zero attached hydrogens (tertiary/aromatic N) is 2. The van der Waals surface area contributed by atoms with Crippen molar-refractivity contribution in [1.82, 2.24) is 9.21 Å². The van der Waals surface area contributed by atoms with Gasteiger partial charge >= 0.3 is 0 Å². The molecule has 0 aromatic heterocycles. The summed E-state index contributed by atoms with van der Waals surface area (Å²) in [6, 6.07) is 20.9. The van der Waals surface area contributed by atoms with Gasteiger partial charge in [0.15, 0.2) is 0 Å². The van der Waals surface area contributed by atoms with Crippen molar-refractivity contribution in [3.63, 3.8) is 0 Å². The van der Waals surface area contributed by atoms with Gasteiger partial charge < -0.3 is 10.2 Å². The minimum absolute atomic E-state index is 0.125. The minimum Gasteiger partial charge on any atom is -0.324 e. The molecular formula is C27H27N3O4S. The highest BCUT2D eigenvalue weighted by molar-refractivity contribution is 7.89. The van der Waals surface area contributed by atoms with E-state index in [1.165, 1.54) is 28.6 Å². The van der Waals surface area contributed by atoms with Crippen LogP contribution in [0.15, 0.2) is 77.7 Å². The lowest BCUT2D eigenvalue weighted by Crippen LogP contribution is -2.39. The van der Waals surface area contributed by atoms with Crippen LogP contribution in [0.5, 0.6) is 0 Å². The molecule has 7 nitrogen and oxygen atoms in total. The van der Waals surface area contributed by atoms with E-state index >= 15 is 0 Å². The Morgan fingerprint density at radius 3 is 2.31 bits per heavy atom. The Morgan fingerprint density at radius 2 is 1.63 bits per heavy atom. The number of carbonyl (C=O) groups excluding carboxylic acids is 2. The van der Waals surface area contributed by atoms with Gasteiger partial charge in [0.25, 0.3) is 5.91 Å². The van der Waals surface area contributed by atoms with Gasteiger partial charge in [0, 0.05) is 29.9 Å². The first kappa shape index (κ1) is 23.3. The lowest BCUT2D eigenvalue weighted by Gasteiger charge is -2.31. The summed E-state index contributed by atoms with van der Waals surface area (Å²) in [5.41, 5.74) is 3.75. The Hall–Kier alpha value is -3.49. The van der Waals surface area contributed by atoms with Gasteiger partial charge in [0.2, 0.25) is 15.9 Å². The van der Waals surface area contributed by atoms with Crippen molar-refractivity contribution in [1.29, 1.82) is 0 Å². The molecule has 8 heteroatoms. The molecule has 1 fully saturated rings. The molecule has 0 saturated carbocycles. The molecule has 0 aliphatic carbocycles. The van der Waals surface area contributed by atoms with E-state index in [9.17, 15) is 18.0 Å². The lowest BCUT2D eigenvalue weighted by molar-refractivity contribution is -0.117. The van der Waals surface area contributed by atoms with Crippen LogP contribution in [0.25, 0.3) is 0 Å². The third-order valence-corrected chi connectivity index (χ3v) is 8.49. The van der Waals surface area contributed by atoms with Gasteiger partial charge in [-0.3, -0.25) is 9.59 Å². The number of carbonyl (C=O) groups is 2. The zero-order chi connectivity index (χ0) is 24.6. The molecule has 2 aliphatic rings. The molecule has 2 aliphatic heterocycles. The molecule has 0 spiro atoms. The number of anilines is 1. The van der Waals surface area contributed by atoms with Crippen LogP contribution in [0.2, 0.25) is 0 Å². The number of amides is 2. The van der Waals surface area contributed by atoms with Crippen molar-refractivity contribution < 1.29 is 18.0 Å². The zero-order valence-electron chi connectivity index (χ0n) is 19.5. The van der Waals surface area contributed by atoms with E-state index in [1.54, 1.807) is 4.90 Å². The summed E-state index contributed by atoms with van der Waals surface area (Å²) in [7, 11) is -3.57. The van der Waals surface area contributed by atoms with Crippen molar-refractivity contribution in [2.45, 2.75) is 30.7 Å². The molecule has 1 saturated heterocycles. The molecule has 2 amide bonds. The number of sulfonamides is 1. The molecule has 0 unspecified atom stereocenters. The zero-order valence-corrected chi connectivity index (χ0v) is 20.3. The van der Waals surface area contributed by atoms with Crippen molar-refractivity contribution >= 4 is 27.5 Å². The first-order valence-electron chi connectivity index (χ1n) is 11.7. The second-order valence-electron chi connectivity index (χ2n) is 9.02. The van der Waals surface area contributed by atoms with Crippen molar-refractivity contribution in [2.24, 2.45) is 0 Å². The molecule has 3 aromatic rings. The quantitative estimate of drug-likeness (QED) is 0.601. The van der Waals surface area contributed by atoms with Gasteiger partial charge in [0.1, 0.15) is 6.54 Å². The SMILES string of the molecule is Cc1ccc2c(c1)[C@H](c1ccccc1)N(C(=O)c1ccc(S(=O)(=O)N3CCCC3)cc1)CC(=O)N2. The first-order chi connectivity index (χ1) is 16.8. The fourth-order valence-corrected chi connectivity index (χ4v) is 6.34. The third kappa shape index (κ3) is 4.47. The minimum atomic E-state index is -3.57. The summed E-state index contributed by atoms with van der Waals surface area (Å²) in [6.45, 7) is 2.88. The summed E-state index contributed by atoms with van der Waals surface area (Å²) < 4.78 is 27.3. The predicted molar refractivity (Wildman–Crippen MR) is 134 cm³/mol. The summed E-state index contributed by atoms with van der Waals surface area (Å²) in [5, 5.41) is 2.93. The Labute approximate surface area is 205 Å². The van der Waals surface area contributed by atoms with Crippen molar-refractivity contribution in [2.75, 3.05) is 25.0 Å². The maximum absolute atomic E-state index is 13.8. The van der Waals surface area contributed by atoms with Gasteiger partial charge in [-0.25, -0.2) is 8.42 Å². The van der Waals surface area contributed by atoms with Gasteiger partial charge in [-0.05, 0) is 55.7 Å². The Bertz CT molecular complexity index is 1370. The van der Waals surface area contributed by atoms with Crippen LogP contribution < -0.4 is 5.32 Å². The molecule has 0 radical (unpaired) electrons. The standard InChI is InChI=1S/C27H27N3O4S/c1-19-9-14-24-23(17-19)26(20-7-3-2-4-8-20)30(18-25(31)28-24)27(32)21-10-12-22(13-11-21)35(33,34)29-15-5-6-16-29/h2-4,7-14,17,26H,5-6,15-16,18H2,1H3,(H,28,31)/t26-/m0/s1. The molecule has 35 heavy (non-hydrogen) atoms. The van der Waals surface area contributed by atoms with Crippen molar-refractivity contribution in [3.8, 4) is 0 Å². The monoisotopic (exact) mass is 489 g/mol. The van der Waals surface area contributed by atoms with Crippen LogP contribution in [-0.2, 0) is 14.8 Å². The molecule has 1 N–H and O–H groups in total. The lowest BCUT2D eigenvalue weighted by atomic mass is 9.94. The van der Waals surface area contributed by atoms with Gasteiger partial charge in [0.05, 0.1) is 10.9 Å². The highest BCUT2D eigenvalue weighted by Gasteiger charge is 2.34. The number of nitrogens with one attached hydrogen (secondary N) is 1. The largest absolute Gasteiger partial charge is 0.324 e. The average molecular weight is 490 g/mol. The molecule has 3 aromatic carbocycles. The molecule has 180 valence electrons. The number of rotatable bonds is 4. The van der Waals surface area contributed by atoms with E-state index in [-0.39, 0.29) is 23.3 Å². The Kier molecular flexibility index (Phi) is 6.17. The molecule has 1 atom stereocenters. The fraction of sp³-hybridized carbons (Fsp3) is 0.259. The number of hydrogen-bond donors (Lipinski definition) is 1. The normalized spacial score (nSPS) is 18.6. The second-order valence-corrected chi connectivity index (χ2v) is 11.0. The highest BCUT2D eigenvalue weighted by Crippen LogP contribution is 2.37. The third-order valence-electron chi connectivity index (χ3n) is 6.58. The molecule has 2 heterocycles. The van der Waals surface area contributed by atoms with Crippen LogP contribution in [0.1, 0.15) is 45.9 Å². The van der Waals surface area contributed by atoms with Crippen LogP contribution >= 0.6 is 0 Å². The van der Waals surface area contributed by atoms with Crippen LogP contribution in [-0.4, -0.2) is 49.1 Å². The number of aryl methyl sites for hydroxylation is 1. The Balaban J connectivity index is 1.54. The van der Waals surface area contributed by atoms with Crippen LogP contribution in [0.4, 0.5) is 5.69 Å². The second kappa shape index (κ2) is 9.28. The maximum Gasteiger partial charge on any atom is 0.255 e. The summed E-state index contributed by atoms with van der Waals surface area (Å²) in [6.07, 6.45) is 1.71. The van der Waals surface area contributed by atoms with E-state index in [2.05, 4.69) is 5.32 Å². The number of fused-ring (bicyclic) bond motifs is 1. The van der Waals surface area contributed by atoms with E-state index in [0.29, 0.717) is 24.3 Å². The van der Waals surface area contributed by atoms with Gasteiger partial charge in [-0.2, -0.15) is 4.31 Å². The van der Waals surface area contributed by atoms with Crippen LogP contribution in [0, 0.1) is 6.92 Å². The maximum atomic E-state index is 13.8. The highest BCUT2D eigenvalue weighted by atomic mass is 32.2. The summed E-state index contributed by atoms with van der Waals surface area (Å²) in [5.74, 6) is -0.622. The molecular weight excluding hydrogens is 462 g/mol. The van der Waals surface area contributed by atoms with Crippen molar-refractivity contribution in [3.05, 3.63) is 95.1 Å². The summed E-state index contributed by atoms with van der Waals surface area (Å²) >= 11 is 0. The molecule has 5 rings (SSSR count). The van der Waals surface area contributed by atoms with E-state index < -0.39 is 16.1 Å². The van der Waals surface area contributed by atoms with E-state index in [4.69, 9.17) is 0 Å². The van der Waals surface area contributed by atoms with E-state index in [1.807, 2.05) is 55.5 Å².